The number of hydrogen-bond acceptors (Lipinski definition) is 5. The number of nitrogens with zero attached hydrogens (tertiary/aromatic N) is 2. The molecular weight excluding hydrogens is 350 g/mol. The predicted octanol–water partition coefficient (Wildman–Crippen LogP) is 1.78. The Bertz CT molecular complexity index is 571. The minimum atomic E-state index is -3.41. The van der Waals surface area contributed by atoms with Gasteiger partial charge in [-0.15, -0.1) is 11.3 Å². The number of hydrogen-bond donors (Lipinski definition) is 1. The molecule has 0 radical (unpaired) electrons. The van der Waals surface area contributed by atoms with E-state index in [0.717, 1.165) is 29.7 Å². The van der Waals surface area contributed by atoms with E-state index >= 15 is 0 Å². The second-order valence-electron chi connectivity index (χ2n) is 4.39. The maximum atomic E-state index is 12.1. The molecule has 2 rings (SSSR count). The molecule has 1 aromatic heterocycles. The molecule has 1 aromatic rings. The number of likely N-dealkylation sites (tertiary alicyclic amines) is 1. The molecule has 2 heterocycles. The van der Waals surface area contributed by atoms with Crippen molar-refractivity contribution >= 4 is 37.3 Å². The van der Waals surface area contributed by atoms with Crippen LogP contribution in [0.1, 0.15) is 12.8 Å². The third-order valence-electron chi connectivity index (χ3n) is 3.02. The molecule has 0 unspecified atom stereocenters. The third-order valence-corrected chi connectivity index (χ3v) is 6.65. The van der Waals surface area contributed by atoms with Crippen LogP contribution in [0.3, 0.4) is 0 Å². The lowest BCUT2D eigenvalue weighted by molar-refractivity contribution is 0.229. The Hall–Kier alpha value is -0.460. The van der Waals surface area contributed by atoms with Gasteiger partial charge in [-0.1, -0.05) is 0 Å². The van der Waals surface area contributed by atoms with Gasteiger partial charge in [0.1, 0.15) is 4.21 Å². The number of rotatable bonds is 4. The molecule has 5 nitrogen and oxygen atoms in total. The van der Waals surface area contributed by atoms with E-state index in [2.05, 4.69) is 26.7 Å². The summed E-state index contributed by atoms with van der Waals surface area (Å²) in [7, 11) is -3.41. The van der Waals surface area contributed by atoms with Crippen molar-refractivity contribution in [2.75, 3.05) is 19.6 Å². The zero-order chi connectivity index (χ0) is 13.9. The average molecular weight is 364 g/mol. The van der Waals surface area contributed by atoms with Gasteiger partial charge in [0.15, 0.2) is 0 Å². The maximum absolute atomic E-state index is 12.1. The van der Waals surface area contributed by atoms with E-state index in [1.54, 1.807) is 12.1 Å². The number of thiophene rings is 1. The van der Waals surface area contributed by atoms with E-state index in [0.29, 0.717) is 10.8 Å². The first-order valence-electron chi connectivity index (χ1n) is 5.88. The van der Waals surface area contributed by atoms with E-state index < -0.39 is 10.0 Å². The summed E-state index contributed by atoms with van der Waals surface area (Å²) in [4.78, 5) is 2.03. The molecule has 0 amide bonds. The Morgan fingerprint density at radius 3 is 2.68 bits per heavy atom. The fourth-order valence-corrected chi connectivity index (χ4v) is 5.36. The lowest BCUT2D eigenvalue weighted by atomic mass is 10.1. The molecule has 0 bridgehead atoms. The van der Waals surface area contributed by atoms with Crippen molar-refractivity contribution in [1.29, 1.82) is 5.26 Å². The first kappa shape index (κ1) is 14.9. The van der Waals surface area contributed by atoms with Gasteiger partial charge in [-0.2, -0.15) is 5.26 Å². The molecule has 0 spiro atoms. The van der Waals surface area contributed by atoms with Gasteiger partial charge in [0, 0.05) is 19.1 Å². The lowest BCUT2D eigenvalue weighted by Crippen LogP contribution is -2.44. The molecule has 8 heteroatoms. The number of sulfonamides is 1. The monoisotopic (exact) mass is 363 g/mol. The summed E-state index contributed by atoms with van der Waals surface area (Å²) in [5.41, 5.74) is 0. The highest BCUT2D eigenvalue weighted by Crippen LogP contribution is 2.26. The topological polar surface area (TPSA) is 73.2 Å². The van der Waals surface area contributed by atoms with Gasteiger partial charge in [0.25, 0.3) is 0 Å². The Balaban J connectivity index is 1.94. The molecule has 0 aromatic carbocycles. The van der Waals surface area contributed by atoms with Crippen LogP contribution in [-0.4, -0.2) is 39.0 Å². The van der Waals surface area contributed by atoms with E-state index in [1.165, 1.54) is 11.3 Å². The van der Waals surface area contributed by atoms with Crippen molar-refractivity contribution in [3.8, 4) is 6.07 Å². The highest BCUT2D eigenvalue weighted by molar-refractivity contribution is 9.11. The fourth-order valence-electron chi connectivity index (χ4n) is 2.03. The molecule has 1 fully saturated rings. The summed E-state index contributed by atoms with van der Waals surface area (Å²) < 4.78 is 28.1. The lowest BCUT2D eigenvalue weighted by Gasteiger charge is -2.30. The number of nitriles is 1. The summed E-state index contributed by atoms with van der Waals surface area (Å²) in [6.45, 7) is 1.93. The van der Waals surface area contributed by atoms with Gasteiger partial charge in [-0.25, -0.2) is 13.1 Å². The zero-order valence-electron chi connectivity index (χ0n) is 10.2. The molecule has 1 aliphatic rings. The summed E-state index contributed by atoms with van der Waals surface area (Å²) in [6, 6.07) is 5.40. The van der Waals surface area contributed by atoms with Crippen LogP contribution in [0.15, 0.2) is 20.1 Å². The SMILES string of the molecule is N#CCN1CCC(NS(=O)(=O)c2ccc(Br)s2)CC1. The van der Waals surface area contributed by atoms with E-state index in [4.69, 9.17) is 5.26 Å². The van der Waals surface area contributed by atoms with Crippen LogP contribution in [0.25, 0.3) is 0 Å². The Morgan fingerprint density at radius 2 is 2.16 bits per heavy atom. The van der Waals surface area contributed by atoms with Crippen molar-refractivity contribution in [2.45, 2.75) is 23.1 Å². The van der Waals surface area contributed by atoms with Crippen LogP contribution >= 0.6 is 27.3 Å². The predicted molar refractivity (Wildman–Crippen MR) is 77.4 cm³/mol. The minimum absolute atomic E-state index is 0.0409. The normalized spacial score (nSPS) is 18.3. The second-order valence-corrected chi connectivity index (χ2v) is 8.79. The standard InChI is InChI=1S/C11H14BrN3O2S2/c12-10-1-2-11(18-10)19(16,17)14-9-3-6-15(7-4-9)8-5-13/h1-2,9,14H,3-4,6-8H2. The maximum Gasteiger partial charge on any atom is 0.250 e. The Kier molecular flexibility index (Phi) is 4.97. The number of halogens is 1. The van der Waals surface area contributed by atoms with Gasteiger partial charge < -0.3 is 0 Å². The van der Waals surface area contributed by atoms with Crippen LogP contribution in [0.2, 0.25) is 0 Å². The second kappa shape index (κ2) is 6.33. The van der Waals surface area contributed by atoms with Crippen LogP contribution < -0.4 is 4.72 Å². The summed E-state index contributed by atoms with van der Waals surface area (Å²) in [6.07, 6.45) is 1.49. The minimum Gasteiger partial charge on any atom is -0.290 e. The van der Waals surface area contributed by atoms with E-state index in [-0.39, 0.29) is 6.04 Å². The van der Waals surface area contributed by atoms with Crippen molar-refractivity contribution in [3.63, 3.8) is 0 Å². The number of nitrogens with one attached hydrogen (secondary N) is 1. The molecule has 0 saturated carbocycles. The van der Waals surface area contributed by atoms with E-state index in [1.807, 2.05) is 4.90 Å². The van der Waals surface area contributed by atoms with Crippen molar-refractivity contribution in [2.24, 2.45) is 0 Å². The summed E-state index contributed by atoms with van der Waals surface area (Å²) in [5, 5.41) is 8.62. The Labute approximate surface area is 125 Å². The highest BCUT2D eigenvalue weighted by Gasteiger charge is 2.25. The quantitative estimate of drug-likeness (QED) is 0.827. The molecular formula is C11H14BrN3O2S2. The molecule has 1 aliphatic heterocycles. The molecule has 0 aliphatic carbocycles. The van der Waals surface area contributed by atoms with Crippen LogP contribution in [-0.2, 0) is 10.0 Å². The van der Waals surface area contributed by atoms with Gasteiger partial charge in [-0.3, -0.25) is 4.90 Å². The molecule has 19 heavy (non-hydrogen) atoms. The van der Waals surface area contributed by atoms with Crippen molar-refractivity contribution in [3.05, 3.63) is 15.9 Å². The van der Waals surface area contributed by atoms with Gasteiger partial charge >= 0.3 is 0 Å². The summed E-state index contributed by atoms with van der Waals surface area (Å²) >= 11 is 4.47. The highest BCUT2D eigenvalue weighted by atomic mass is 79.9. The first-order valence-corrected chi connectivity index (χ1v) is 8.97. The largest absolute Gasteiger partial charge is 0.290 e. The Morgan fingerprint density at radius 1 is 1.47 bits per heavy atom. The van der Waals surface area contributed by atoms with E-state index in [9.17, 15) is 8.42 Å². The molecule has 104 valence electrons. The zero-order valence-corrected chi connectivity index (χ0v) is 13.4. The molecule has 0 atom stereocenters. The molecule has 1 saturated heterocycles. The summed E-state index contributed by atoms with van der Waals surface area (Å²) in [5.74, 6) is 0. The fraction of sp³-hybridized carbons (Fsp3) is 0.545. The van der Waals surface area contributed by atoms with Gasteiger partial charge in [0.2, 0.25) is 10.0 Å². The van der Waals surface area contributed by atoms with Gasteiger partial charge in [-0.05, 0) is 40.9 Å². The van der Waals surface area contributed by atoms with Crippen LogP contribution in [0.5, 0.6) is 0 Å². The van der Waals surface area contributed by atoms with Crippen LogP contribution in [0.4, 0.5) is 0 Å². The molecule has 1 N–H and O–H groups in total. The third kappa shape index (κ3) is 4.00. The van der Waals surface area contributed by atoms with Crippen LogP contribution in [0, 0.1) is 11.3 Å². The smallest absolute Gasteiger partial charge is 0.250 e. The average Bonchev–Trinajstić information content (AvgIpc) is 2.79. The van der Waals surface area contributed by atoms with Crippen molar-refractivity contribution in [1.82, 2.24) is 9.62 Å². The first-order chi connectivity index (χ1) is 9.01. The van der Waals surface area contributed by atoms with Crippen molar-refractivity contribution < 1.29 is 8.42 Å². The number of piperidine rings is 1. The van der Waals surface area contributed by atoms with Gasteiger partial charge in [0.05, 0.1) is 16.4 Å².